The van der Waals surface area contributed by atoms with Crippen molar-refractivity contribution in [1.29, 1.82) is 0 Å². The van der Waals surface area contributed by atoms with Crippen LogP contribution in [0.25, 0.3) is 0 Å². The van der Waals surface area contributed by atoms with E-state index in [2.05, 4.69) is 0 Å². The zero-order valence-corrected chi connectivity index (χ0v) is 7.40. The molecule has 2 rings (SSSR count). The number of hydrogen-bond acceptors (Lipinski definition) is 3. The predicted octanol–water partition coefficient (Wildman–Crippen LogP) is 2.23. The molecule has 0 unspecified atom stereocenters. The van der Waals surface area contributed by atoms with E-state index in [1.807, 2.05) is 30.3 Å². The van der Waals surface area contributed by atoms with Gasteiger partial charge in [0.2, 0.25) is 5.88 Å². The molecule has 0 aliphatic carbocycles. The molecule has 0 atom stereocenters. The molecule has 0 amide bonds. The number of aliphatic hydroxyl groups excluding tert-OH is 1. The lowest BCUT2D eigenvalue weighted by Crippen LogP contribution is -2.18. The molecule has 3 nitrogen and oxygen atoms in total. The predicted molar refractivity (Wildman–Crippen MR) is 50.2 cm³/mol. The minimum absolute atomic E-state index is 0.200. The molecule has 1 aliphatic heterocycles. The lowest BCUT2D eigenvalue weighted by molar-refractivity contribution is 0.246. The summed E-state index contributed by atoms with van der Waals surface area (Å²) in [6.07, 6.45) is 0. The van der Waals surface area contributed by atoms with Gasteiger partial charge in [0.1, 0.15) is 0 Å². The van der Waals surface area contributed by atoms with Crippen molar-refractivity contribution in [2.24, 2.45) is 0 Å². The van der Waals surface area contributed by atoms with Crippen molar-refractivity contribution in [3.8, 4) is 0 Å². The van der Waals surface area contributed by atoms with Crippen LogP contribution in [0, 0.1) is 0 Å². The fourth-order valence-corrected chi connectivity index (χ4v) is 1.28. The zero-order valence-electron chi connectivity index (χ0n) is 7.40. The molecule has 1 N–H and O–H groups in total. The van der Waals surface area contributed by atoms with E-state index in [9.17, 15) is 5.11 Å². The van der Waals surface area contributed by atoms with Crippen LogP contribution in [0.2, 0.25) is 0 Å². The Morgan fingerprint density at radius 3 is 2.54 bits per heavy atom. The molecule has 13 heavy (non-hydrogen) atoms. The van der Waals surface area contributed by atoms with Crippen LogP contribution in [0.5, 0.6) is 0 Å². The summed E-state index contributed by atoms with van der Waals surface area (Å²) < 4.78 is 5.19. The largest absolute Gasteiger partial charge is 0.492 e. The molecule has 1 aromatic carbocycles. The van der Waals surface area contributed by atoms with Crippen molar-refractivity contribution in [2.75, 3.05) is 11.6 Å². The number of nitrogens with zero attached hydrogens (tertiary/aromatic N) is 1. The fraction of sp³-hybridized carbons (Fsp3) is 0.200. The quantitative estimate of drug-likeness (QED) is 0.714. The van der Waals surface area contributed by atoms with E-state index in [1.165, 1.54) is 0 Å². The molecular weight excluding hydrogens is 166 g/mol. The van der Waals surface area contributed by atoms with Crippen molar-refractivity contribution in [1.82, 2.24) is 0 Å². The number of allylic oxidation sites excluding steroid dienone is 1. The summed E-state index contributed by atoms with van der Waals surface area (Å²) in [4.78, 5) is 1.72. The van der Waals surface area contributed by atoms with Crippen molar-refractivity contribution < 1.29 is 9.84 Å². The minimum atomic E-state index is 0.200. The van der Waals surface area contributed by atoms with Crippen LogP contribution >= 0.6 is 0 Å². The maximum absolute atomic E-state index is 9.59. The first-order chi connectivity index (χ1) is 6.29. The first-order valence-corrected chi connectivity index (χ1v) is 4.14. The Labute approximate surface area is 76.9 Å². The molecule has 1 aromatic rings. The van der Waals surface area contributed by atoms with Crippen LogP contribution < -0.4 is 4.90 Å². The Bertz CT molecular complexity index is 332. The summed E-state index contributed by atoms with van der Waals surface area (Å²) >= 11 is 0. The Morgan fingerprint density at radius 1 is 1.31 bits per heavy atom. The van der Waals surface area contributed by atoms with Gasteiger partial charge in [-0.05, 0) is 19.1 Å². The maximum atomic E-state index is 9.59. The van der Waals surface area contributed by atoms with Crippen LogP contribution in [0.1, 0.15) is 6.92 Å². The number of ether oxygens (including phenoxy) is 1. The van der Waals surface area contributed by atoms with Gasteiger partial charge in [-0.1, -0.05) is 18.2 Å². The number of anilines is 1. The number of benzene rings is 1. The van der Waals surface area contributed by atoms with E-state index in [4.69, 9.17) is 4.74 Å². The van der Waals surface area contributed by atoms with Crippen molar-refractivity contribution in [3.05, 3.63) is 42.0 Å². The van der Waals surface area contributed by atoms with Crippen LogP contribution in [0.3, 0.4) is 0 Å². The summed E-state index contributed by atoms with van der Waals surface area (Å²) in [5, 5.41) is 9.59. The molecular formula is C10H11NO2. The lowest BCUT2D eigenvalue weighted by Gasteiger charge is -2.15. The fourth-order valence-electron chi connectivity index (χ4n) is 1.28. The SMILES string of the molecule is CC1=C(O)N(c2ccccc2)CO1. The third-order valence-corrected chi connectivity index (χ3v) is 2.05. The van der Waals surface area contributed by atoms with E-state index in [0.717, 1.165) is 5.69 Å². The first kappa shape index (κ1) is 7.98. The Balaban J connectivity index is 2.30. The Morgan fingerprint density at radius 2 is 2.00 bits per heavy atom. The molecule has 68 valence electrons. The van der Waals surface area contributed by atoms with Crippen LogP contribution in [-0.4, -0.2) is 11.8 Å². The summed E-state index contributed by atoms with van der Waals surface area (Å²) in [5.41, 5.74) is 0.942. The van der Waals surface area contributed by atoms with E-state index in [-0.39, 0.29) is 5.88 Å². The normalized spacial score (nSPS) is 16.2. The highest BCUT2D eigenvalue weighted by Gasteiger charge is 2.21. The summed E-state index contributed by atoms with van der Waals surface area (Å²) in [7, 11) is 0. The standard InChI is InChI=1S/C10H11NO2/c1-8-10(12)11(7-13-8)9-5-3-2-4-6-9/h2-6,12H,7H2,1H3. The molecule has 1 aliphatic rings. The Hall–Kier alpha value is -1.64. The number of aliphatic hydroxyl groups is 1. The summed E-state index contributed by atoms with van der Waals surface area (Å²) in [6, 6.07) is 9.65. The second kappa shape index (κ2) is 3.01. The zero-order chi connectivity index (χ0) is 9.26. The molecule has 0 spiro atoms. The minimum Gasteiger partial charge on any atom is -0.492 e. The van der Waals surface area contributed by atoms with Gasteiger partial charge < -0.3 is 9.84 Å². The smallest absolute Gasteiger partial charge is 0.233 e. The highest BCUT2D eigenvalue weighted by molar-refractivity contribution is 5.51. The van der Waals surface area contributed by atoms with E-state index >= 15 is 0 Å². The van der Waals surface area contributed by atoms with Gasteiger partial charge in [-0.15, -0.1) is 0 Å². The monoisotopic (exact) mass is 177 g/mol. The van der Waals surface area contributed by atoms with Gasteiger partial charge in [-0.2, -0.15) is 0 Å². The average molecular weight is 177 g/mol. The van der Waals surface area contributed by atoms with Gasteiger partial charge in [0.25, 0.3) is 0 Å². The second-order valence-corrected chi connectivity index (χ2v) is 2.92. The third-order valence-electron chi connectivity index (χ3n) is 2.05. The molecule has 0 fully saturated rings. The van der Waals surface area contributed by atoms with E-state index in [0.29, 0.717) is 12.5 Å². The molecule has 0 saturated carbocycles. The highest BCUT2D eigenvalue weighted by Crippen LogP contribution is 2.24. The topological polar surface area (TPSA) is 32.7 Å². The van der Waals surface area contributed by atoms with Gasteiger partial charge >= 0.3 is 0 Å². The van der Waals surface area contributed by atoms with Gasteiger partial charge in [-0.3, -0.25) is 4.90 Å². The lowest BCUT2D eigenvalue weighted by atomic mass is 10.3. The van der Waals surface area contributed by atoms with E-state index < -0.39 is 0 Å². The van der Waals surface area contributed by atoms with Gasteiger partial charge in [0.15, 0.2) is 12.5 Å². The van der Waals surface area contributed by atoms with Gasteiger partial charge in [0.05, 0.1) is 0 Å². The Kier molecular flexibility index (Phi) is 1.85. The van der Waals surface area contributed by atoms with Crippen LogP contribution in [0.4, 0.5) is 5.69 Å². The number of para-hydroxylation sites is 1. The molecule has 0 aromatic heterocycles. The molecule has 0 bridgehead atoms. The van der Waals surface area contributed by atoms with E-state index in [1.54, 1.807) is 11.8 Å². The molecule has 0 saturated heterocycles. The number of rotatable bonds is 1. The first-order valence-electron chi connectivity index (χ1n) is 4.14. The van der Waals surface area contributed by atoms with Gasteiger partial charge in [-0.25, -0.2) is 0 Å². The summed E-state index contributed by atoms with van der Waals surface area (Å²) in [6.45, 7) is 2.14. The molecule has 1 heterocycles. The van der Waals surface area contributed by atoms with Crippen molar-refractivity contribution in [2.45, 2.75) is 6.92 Å². The third kappa shape index (κ3) is 1.33. The highest BCUT2D eigenvalue weighted by atomic mass is 16.5. The maximum Gasteiger partial charge on any atom is 0.233 e. The van der Waals surface area contributed by atoms with Crippen molar-refractivity contribution in [3.63, 3.8) is 0 Å². The van der Waals surface area contributed by atoms with Crippen LogP contribution in [0.15, 0.2) is 42.0 Å². The van der Waals surface area contributed by atoms with Gasteiger partial charge in [0, 0.05) is 5.69 Å². The average Bonchev–Trinajstić information content (AvgIpc) is 2.49. The number of hydrogen-bond donors (Lipinski definition) is 1. The second-order valence-electron chi connectivity index (χ2n) is 2.92. The van der Waals surface area contributed by atoms with Crippen LogP contribution in [-0.2, 0) is 4.74 Å². The summed E-state index contributed by atoms with van der Waals surface area (Å²) in [5.74, 6) is 0.773. The molecule has 0 radical (unpaired) electrons. The molecule has 3 heteroatoms. The van der Waals surface area contributed by atoms with Crippen molar-refractivity contribution >= 4 is 5.69 Å².